The summed E-state index contributed by atoms with van der Waals surface area (Å²) >= 11 is 0. The van der Waals surface area contributed by atoms with Crippen LogP contribution in [0.5, 0.6) is 11.5 Å². The van der Waals surface area contributed by atoms with Crippen molar-refractivity contribution in [3.05, 3.63) is 47.5 Å². The van der Waals surface area contributed by atoms with Gasteiger partial charge in [-0.05, 0) is 49.2 Å². The van der Waals surface area contributed by atoms with Gasteiger partial charge in [0.2, 0.25) is 11.8 Å². The number of benzene rings is 2. The maximum Gasteiger partial charge on any atom is 0.233 e. The van der Waals surface area contributed by atoms with E-state index >= 15 is 0 Å². The van der Waals surface area contributed by atoms with E-state index in [9.17, 15) is 9.59 Å². The second-order valence-corrected chi connectivity index (χ2v) is 5.64. The minimum absolute atomic E-state index is 0.277. The summed E-state index contributed by atoms with van der Waals surface area (Å²) in [5.74, 6) is 0.280. The Morgan fingerprint density at radius 3 is 1.92 bits per heavy atom. The molecule has 0 saturated carbocycles. The average molecular weight is 342 g/mol. The minimum atomic E-state index is -0.409. The van der Waals surface area contributed by atoms with Gasteiger partial charge in [0.15, 0.2) is 11.5 Å². The Balaban J connectivity index is 1.95. The van der Waals surface area contributed by atoms with Gasteiger partial charge in [0.25, 0.3) is 0 Å². The molecule has 0 saturated heterocycles. The number of carbonyl (C=O) groups excluding carboxylic acids is 2. The van der Waals surface area contributed by atoms with Crippen LogP contribution in [0.1, 0.15) is 17.5 Å². The Labute approximate surface area is 147 Å². The highest BCUT2D eigenvalue weighted by Gasteiger charge is 2.12. The minimum Gasteiger partial charge on any atom is -0.493 e. The Bertz CT molecular complexity index is 787. The number of nitrogens with one attached hydrogen (secondary N) is 2. The van der Waals surface area contributed by atoms with E-state index in [0.29, 0.717) is 22.9 Å². The number of amides is 2. The van der Waals surface area contributed by atoms with Crippen molar-refractivity contribution in [3.63, 3.8) is 0 Å². The van der Waals surface area contributed by atoms with Gasteiger partial charge in [-0.2, -0.15) is 0 Å². The lowest BCUT2D eigenvalue weighted by Crippen LogP contribution is -2.21. The standard InChI is InChI=1S/C19H22N2O4/c1-12-5-6-14(9-13(12)2)20-18(22)11-19(23)21-15-7-8-16(24-3)17(10-15)25-4/h5-10H,11H2,1-4H3,(H,20,22)(H,21,23). The molecule has 2 aromatic rings. The van der Waals surface area contributed by atoms with Crippen LogP contribution in [0.25, 0.3) is 0 Å². The monoisotopic (exact) mass is 342 g/mol. The van der Waals surface area contributed by atoms with Gasteiger partial charge >= 0.3 is 0 Å². The first-order valence-corrected chi connectivity index (χ1v) is 7.82. The van der Waals surface area contributed by atoms with Crippen LogP contribution in [-0.4, -0.2) is 26.0 Å². The highest BCUT2D eigenvalue weighted by Crippen LogP contribution is 2.29. The number of methoxy groups -OCH3 is 2. The van der Waals surface area contributed by atoms with E-state index in [1.165, 1.54) is 14.2 Å². The second-order valence-electron chi connectivity index (χ2n) is 5.64. The van der Waals surface area contributed by atoms with E-state index in [2.05, 4.69) is 10.6 Å². The number of aryl methyl sites for hydroxylation is 2. The molecule has 132 valence electrons. The van der Waals surface area contributed by atoms with Crippen LogP contribution < -0.4 is 20.1 Å². The van der Waals surface area contributed by atoms with Crippen LogP contribution >= 0.6 is 0 Å². The van der Waals surface area contributed by atoms with Crippen LogP contribution in [0, 0.1) is 13.8 Å². The van der Waals surface area contributed by atoms with Crippen molar-refractivity contribution in [3.8, 4) is 11.5 Å². The van der Waals surface area contributed by atoms with Gasteiger partial charge in [0.1, 0.15) is 6.42 Å². The molecule has 2 N–H and O–H groups in total. The molecule has 0 heterocycles. The van der Waals surface area contributed by atoms with Crippen molar-refractivity contribution in [2.45, 2.75) is 20.3 Å². The Hall–Kier alpha value is -3.02. The van der Waals surface area contributed by atoms with Crippen molar-refractivity contribution >= 4 is 23.2 Å². The summed E-state index contributed by atoms with van der Waals surface area (Å²) in [5, 5.41) is 5.39. The molecule has 2 rings (SSSR count). The number of hydrogen-bond donors (Lipinski definition) is 2. The molecule has 6 nitrogen and oxygen atoms in total. The first kappa shape index (κ1) is 18.3. The normalized spacial score (nSPS) is 10.1. The third kappa shape index (κ3) is 4.97. The molecule has 25 heavy (non-hydrogen) atoms. The molecule has 0 aliphatic carbocycles. The van der Waals surface area contributed by atoms with Crippen LogP contribution in [0.2, 0.25) is 0 Å². The van der Waals surface area contributed by atoms with E-state index in [1.54, 1.807) is 18.2 Å². The zero-order valence-electron chi connectivity index (χ0n) is 14.8. The lowest BCUT2D eigenvalue weighted by Gasteiger charge is -2.11. The lowest BCUT2D eigenvalue weighted by molar-refractivity contribution is -0.123. The summed E-state index contributed by atoms with van der Waals surface area (Å²) in [7, 11) is 3.05. The Morgan fingerprint density at radius 2 is 1.36 bits per heavy atom. The van der Waals surface area contributed by atoms with Crippen molar-refractivity contribution in [1.29, 1.82) is 0 Å². The zero-order valence-corrected chi connectivity index (χ0v) is 14.8. The van der Waals surface area contributed by atoms with Gasteiger partial charge < -0.3 is 20.1 Å². The fourth-order valence-corrected chi connectivity index (χ4v) is 2.29. The predicted octanol–water partition coefficient (Wildman–Crippen LogP) is 3.29. The maximum atomic E-state index is 12.0. The number of ether oxygens (including phenoxy) is 2. The highest BCUT2D eigenvalue weighted by atomic mass is 16.5. The molecule has 0 unspecified atom stereocenters. The Kier molecular flexibility index (Phi) is 6.00. The fraction of sp³-hybridized carbons (Fsp3) is 0.263. The van der Waals surface area contributed by atoms with Gasteiger partial charge in [-0.1, -0.05) is 6.07 Å². The summed E-state index contributed by atoms with van der Waals surface area (Å²) < 4.78 is 10.3. The smallest absolute Gasteiger partial charge is 0.233 e. The van der Waals surface area contributed by atoms with Gasteiger partial charge in [0, 0.05) is 17.4 Å². The molecule has 0 fully saturated rings. The number of anilines is 2. The van der Waals surface area contributed by atoms with E-state index in [4.69, 9.17) is 9.47 Å². The van der Waals surface area contributed by atoms with Crippen molar-refractivity contribution in [2.75, 3.05) is 24.9 Å². The Morgan fingerprint density at radius 1 is 0.800 bits per heavy atom. The largest absolute Gasteiger partial charge is 0.493 e. The number of carbonyl (C=O) groups is 2. The fourth-order valence-electron chi connectivity index (χ4n) is 2.29. The summed E-state index contributed by atoms with van der Waals surface area (Å²) in [5.41, 5.74) is 3.42. The van der Waals surface area contributed by atoms with Crippen LogP contribution in [0.15, 0.2) is 36.4 Å². The lowest BCUT2D eigenvalue weighted by atomic mass is 10.1. The van der Waals surface area contributed by atoms with Gasteiger partial charge in [0.05, 0.1) is 14.2 Å². The molecule has 2 amide bonds. The quantitative estimate of drug-likeness (QED) is 0.790. The van der Waals surface area contributed by atoms with Crippen LogP contribution in [-0.2, 0) is 9.59 Å². The topological polar surface area (TPSA) is 76.7 Å². The van der Waals surface area contributed by atoms with E-state index in [0.717, 1.165) is 11.1 Å². The molecular weight excluding hydrogens is 320 g/mol. The molecule has 0 atom stereocenters. The molecule has 0 bridgehead atoms. The highest BCUT2D eigenvalue weighted by molar-refractivity contribution is 6.08. The molecule has 0 aliphatic rings. The molecule has 0 aliphatic heterocycles. The zero-order chi connectivity index (χ0) is 18.4. The first-order valence-electron chi connectivity index (χ1n) is 7.82. The molecule has 0 aromatic heterocycles. The van der Waals surface area contributed by atoms with Crippen LogP contribution in [0.3, 0.4) is 0 Å². The van der Waals surface area contributed by atoms with Crippen molar-refractivity contribution in [2.24, 2.45) is 0 Å². The second kappa shape index (κ2) is 8.19. The third-order valence-corrected chi connectivity index (χ3v) is 3.78. The SMILES string of the molecule is COc1ccc(NC(=O)CC(=O)Nc2ccc(C)c(C)c2)cc1OC. The van der Waals surface area contributed by atoms with Crippen molar-refractivity contribution in [1.82, 2.24) is 0 Å². The summed E-state index contributed by atoms with van der Waals surface area (Å²) in [6, 6.07) is 10.6. The van der Waals surface area contributed by atoms with Crippen molar-refractivity contribution < 1.29 is 19.1 Å². The molecule has 0 spiro atoms. The average Bonchev–Trinajstić information content (AvgIpc) is 2.57. The van der Waals surface area contributed by atoms with Crippen LogP contribution in [0.4, 0.5) is 11.4 Å². The van der Waals surface area contributed by atoms with Gasteiger partial charge in [-0.15, -0.1) is 0 Å². The number of hydrogen-bond acceptors (Lipinski definition) is 4. The first-order chi connectivity index (χ1) is 11.9. The van der Waals surface area contributed by atoms with Gasteiger partial charge in [-0.25, -0.2) is 0 Å². The molecule has 0 radical (unpaired) electrons. The summed E-state index contributed by atoms with van der Waals surface area (Å²) in [4.78, 5) is 24.1. The predicted molar refractivity (Wildman–Crippen MR) is 97.3 cm³/mol. The maximum absolute atomic E-state index is 12.0. The number of rotatable bonds is 6. The summed E-state index contributed by atoms with van der Waals surface area (Å²) in [6.45, 7) is 3.96. The van der Waals surface area contributed by atoms with E-state index in [-0.39, 0.29) is 12.3 Å². The van der Waals surface area contributed by atoms with E-state index < -0.39 is 5.91 Å². The summed E-state index contributed by atoms with van der Waals surface area (Å²) in [6.07, 6.45) is -0.277. The molecule has 6 heteroatoms. The van der Waals surface area contributed by atoms with Gasteiger partial charge in [-0.3, -0.25) is 9.59 Å². The molecule has 2 aromatic carbocycles. The third-order valence-electron chi connectivity index (χ3n) is 3.78. The van der Waals surface area contributed by atoms with E-state index in [1.807, 2.05) is 32.0 Å². The molecular formula is C19H22N2O4.